The minimum Gasteiger partial charge on any atom is -0.460 e. The van der Waals surface area contributed by atoms with Gasteiger partial charge in [0.15, 0.2) is 5.78 Å². The molecule has 1 aliphatic heterocycles. The summed E-state index contributed by atoms with van der Waals surface area (Å²) in [6.07, 6.45) is -4.38. The van der Waals surface area contributed by atoms with Gasteiger partial charge in [-0.2, -0.15) is 13.2 Å². The molecule has 30 heavy (non-hydrogen) atoms. The maximum atomic E-state index is 13.8. The molecule has 1 heterocycles. The second kappa shape index (κ2) is 7.60. The summed E-state index contributed by atoms with van der Waals surface area (Å²) < 4.78 is 46.8. The fourth-order valence-electron chi connectivity index (χ4n) is 4.30. The molecule has 2 aliphatic rings. The van der Waals surface area contributed by atoms with Crippen molar-refractivity contribution in [1.29, 1.82) is 0 Å². The van der Waals surface area contributed by atoms with Crippen molar-refractivity contribution in [2.24, 2.45) is 5.41 Å². The number of carbonyl (C=O) groups is 2. The van der Waals surface area contributed by atoms with Crippen LogP contribution in [-0.4, -0.2) is 17.9 Å². The topological polar surface area (TPSA) is 55.4 Å². The van der Waals surface area contributed by atoms with Gasteiger partial charge in [0, 0.05) is 29.3 Å². The van der Waals surface area contributed by atoms with Gasteiger partial charge in [0.25, 0.3) is 0 Å². The number of ketones is 1. The van der Waals surface area contributed by atoms with Crippen LogP contribution in [0.25, 0.3) is 0 Å². The summed E-state index contributed by atoms with van der Waals surface area (Å²) in [6, 6.07) is 5.12. The molecule has 1 aromatic rings. The number of hydrogen-bond acceptors (Lipinski definition) is 4. The normalized spacial score (nSPS) is 21.5. The molecule has 0 radical (unpaired) electrons. The average Bonchev–Trinajstić information content (AvgIpc) is 2.57. The van der Waals surface area contributed by atoms with Gasteiger partial charge in [0.1, 0.15) is 0 Å². The Kier molecular flexibility index (Phi) is 5.60. The quantitative estimate of drug-likeness (QED) is 0.677. The maximum absolute atomic E-state index is 13.8. The Morgan fingerprint density at radius 1 is 1.20 bits per heavy atom. The smallest absolute Gasteiger partial charge is 0.416 e. The summed E-state index contributed by atoms with van der Waals surface area (Å²) in [4.78, 5) is 26.1. The number of dihydropyridines is 1. The fraction of sp³-hybridized carbons (Fsp3) is 0.478. The third kappa shape index (κ3) is 4.16. The van der Waals surface area contributed by atoms with Crippen LogP contribution < -0.4 is 5.32 Å². The van der Waals surface area contributed by atoms with E-state index in [0.29, 0.717) is 17.8 Å². The number of ether oxygens (including phenoxy) is 1. The maximum Gasteiger partial charge on any atom is 0.416 e. The first-order chi connectivity index (χ1) is 13.8. The number of allylic oxidation sites excluding steroid dienone is 3. The molecule has 162 valence electrons. The Balaban J connectivity index is 2.27. The average molecular weight is 421 g/mol. The summed E-state index contributed by atoms with van der Waals surface area (Å²) >= 11 is 0. The largest absolute Gasteiger partial charge is 0.460 e. The molecule has 0 amide bonds. The predicted molar refractivity (Wildman–Crippen MR) is 106 cm³/mol. The molecule has 0 bridgehead atoms. The third-order valence-electron chi connectivity index (χ3n) is 5.38. The van der Waals surface area contributed by atoms with E-state index in [-0.39, 0.29) is 34.3 Å². The highest BCUT2D eigenvalue weighted by Crippen LogP contribution is 2.49. The minimum absolute atomic E-state index is 0.0483. The van der Waals surface area contributed by atoms with Crippen molar-refractivity contribution in [3.05, 3.63) is 57.9 Å². The SMILES string of the molecule is CC1=C(C(=O)OC(C)C)C(c2ccccc2C(F)(F)F)C2=C(CC(C)(C)CC2=O)N1. The van der Waals surface area contributed by atoms with Crippen LogP contribution in [0.5, 0.6) is 0 Å². The summed E-state index contributed by atoms with van der Waals surface area (Å²) in [5, 5.41) is 3.12. The van der Waals surface area contributed by atoms with Gasteiger partial charge in [-0.3, -0.25) is 4.79 Å². The number of Topliss-reactive ketones (excluding diaryl/α,β-unsaturated/α-hetero) is 1. The van der Waals surface area contributed by atoms with Gasteiger partial charge in [0.2, 0.25) is 0 Å². The molecule has 4 nitrogen and oxygen atoms in total. The van der Waals surface area contributed by atoms with E-state index >= 15 is 0 Å². The lowest BCUT2D eigenvalue weighted by atomic mass is 9.68. The van der Waals surface area contributed by atoms with Gasteiger partial charge in [0.05, 0.1) is 17.2 Å². The molecule has 0 aromatic heterocycles. The lowest BCUT2D eigenvalue weighted by Gasteiger charge is -2.40. The zero-order chi connectivity index (χ0) is 22.4. The third-order valence-corrected chi connectivity index (χ3v) is 5.38. The van der Waals surface area contributed by atoms with Crippen LogP contribution in [0, 0.1) is 5.41 Å². The van der Waals surface area contributed by atoms with Crippen LogP contribution in [0.3, 0.4) is 0 Å². The van der Waals surface area contributed by atoms with Crippen molar-refractivity contribution in [3.63, 3.8) is 0 Å². The van der Waals surface area contributed by atoms with Gasteiger partial charge in [-0.25, -0.2) is 4.79 Å². The second-order valence-corrected chi connectivity index (χ2v) is 8.97. The van der Waals surface area contributed by atoms with Crippen LogP contribution in [0.1, 0.15) is 64.5 Å². The molecule has 0 saturated carbocycles. The number of carbonyl (C=O) groups excluding carboxylic acids is 2. The molecule has 1 unspecified atom stereocenters. The Labute approximate surface area is 174 Å². The molecule has 0 fully saturated rings. The van der Waals surface area contributed by atoms with Crippen molar-refractivity contribution in [2.45, 2.75) is 65.7 Å². The van der Waals surface area contributed by atoms with Crippen molar-refractivity contribution in [1.82, 2.24) is 5.32 Å². The van der Waals surface area contributed by atoms with Crippen LogP contribution in [-0.2, 0) is 20.5 Å². The Morgan fingerprint density at radius 2 is 1.83 bits per heavy atom. The summed E-state index contributed by atoms with van der Waals surface area (Å²) in [5.74, 6) is -2.10. The first kappa shape index (κ1) is 22.1. The van der Waals surface area contributed by atoms with E-state index in [1.807, 2.05) is 13.8 Å². The van der Waals surface area contributed by atoms with E-state index in [0.717, 1.165) is 6.07 Å². The van der Waals surface area contributed by atoms with Gasteiger partial charge < -0.3 is 10.1 Å². The van der Waals surface area contributed by atoms with E-state index < -0.39 is 29.7 Å². The zero-order valence-electron chi connectivity index (χ0n) is 17.7. The van der Waals surface area contributed by atoms with Crippen molar-refractivity contribution < 1.29 is 27.5 Å². The van der Waals surface area contributed by atoms with Crippen LogP contribution in [0.15, 0.2) is 46.8 Å². The molecule has 1 aromatic carbocycles. The van der Waals surface area contributed by atoms with Crippen LogP contribution >= 0.6 is 0 Å². The van der Waals surface area contributed by atoms with Gasteiger partial charge >= 0.3 is 12.1 Å². The van der Waals surface area contributed by atoms with Gasteiger partial charge in [-0.1, -0.05) is 32.0 Å². The summed E-state index contributed by atoms with van der Waals surface area (Å²) in [6.45, 7) is 8.85. The minimum atomic E-state index is -4.62. The highest BCUT2D eigenvalue weighted by atomic mass is 19.4. The van der Waals surface area contributed by atoms with E-state index in [2.05, 4.69) is 5.32 Å². The number of rotatable bonds is 3. The molecule has 0 saturated heterocycles. The Bertz CT molecular complexity index is 955. The predicted octanol–water partition coefficient (Wildman–Crippen LogP) is 5.26. The number of alkyl halides is 3. The summed E-state index contributed by atoms with van der Waals surface area (Å²) in [5.41, 5.74) is -0.0258. The molecule has 7 heteroatoms. The van der Waals surface area contributed by atoms with E-state index in [1.54, 1.807) is 20.8 Å². The number of benzene rings is 1. The standard InChI is InChI=1S/C23H26F3NO3/c1-12(2)30-21(29)18-13(3)27-16-10-22(4,5)11-17(28)20(16)19(18)14-8-6-7-9-15(14)23(24,25)26/h6-9,12,19,27H,10-11H2,1-5H3. The number of esters is 1. The molecule has 0 spiro atoms. The van der Waals surface area contributed by atoms with Gasteiger partial charge in [-0.05, 0) is 44.2 Å². The molecule has 1 N–H and O–H groups in total. The number of hydrogen-bond donors (Lipinski definition) is 1. The lowest BCUT2D eigenvalue weighted by molar-refractivity contribution is -0.143. The Hall–Kier alpha value is -2.57. The van der Waals surface area contributed by atoms with Crippen molar-refractivity contribution >= 4 is 11.8 Å². The summed E-state index contributed by atoms with van der Waals surface area (Å²) in [7, 11) is 0. The van der Waals surface area contributed by atoms with Crippen molar-refractivity contribution in [2.75, 3.05) is 0 Å². The fourth-order valence-corrected chi connectivity index (χ4v) is 4.30. The molecular weight excluding hydrogens is 395 g/mol. The Morgan fingerprint density at radius 3 is 2.43 bits per heavy atom. The molecule has 3 rings (SSSR count). The van der Waals surface area contributed by atoms with Crippen LogP contribution in [0.2, 0.25) is 0 Å². The molecule has 1 atom stereocenters. The van der Waals surface area contributed by atoms with E-state index in [4.69, 9.17) is 4.74 Å². The first-order valence-electron chi connectivity index (χ1n) is 9.93. The first-order valence-corrected chi connectivity index (χ1v) is 9.93. The second-order valence-electron chi connectivity index (χ2n) is 8.97. The lowest BCUT2D eigenvalue weighted by Crippen LogP contribution is -2.39. The monoisotopic (exact) mass is 421 g/mol. The number of halogens is 3. The zero-order valence-corrected chi connectivity index (χ0v) is 17.7. The van der Waals surface area contributed by atoms with E-state index in [9.17, 15) is 22.8 Å². The van der Waals surface area contributed by atoms with Crippen molar-refractivity contribution in [3.8, 4) is 0 Å². The van der Waals surface area contributed by atoms with Gasteiger partial charge in [-0.15, -0.1) is 0 Å². The van der Waals surface area contributed by atoms with E-state index in [1.165, 1.54) is 18.2 Å². The molecular formula is C23H26F3NO3. The number of nitrogens with one attached hydrogen (secondary N) is 1. The van der Waals surface area contributed by atoms with Crippen LogP contribution in [0.4, 0.5) is 13.2 Å². The highest BCUT2D eigenvalue weighted by molar-refractivity contribution is 6.04. The molecule has 1 aliphatic carbocycles. The highest BCUT2D eigenvalue weighted by Gasteiger charge is 2.46.